The summed E-state index contributed by atoms with van der Waals surface area (Å²) in [6.07, 6.45) is 4.47. The highest BCUT2D eigenvalue weighted by Gasteiger charge is 2.36. The molecule has 3 rings (SSSR count). The van der Waals surface area contributed by atoms with Crippen LogP contribution in [0, 0.1) is 5.92 Å². The number of nitrogens with one attached hydrogen (secondary N) is 1. The lowest BCUT2D eigenvalue weighted by molar-refractivity contribution is -0.137. The fraction of sp³-hybridized carbons (Fsp3) is 0.562. The van der Waals surface area contributed by atoms with E-state index in [1.165, 1.54) is 5.56 Å². The van der Waals surface area contributed by atoms with Gasteiger partial charge in [0.15, 0.2) is 0 Å². The van der Waals surface area contributed by atoms with Crippen LogP contribution in [0.3, 0.4) is 0 Å². The molecular formula is C16H21BrN2O. The number of halogens is 1. The molecule has 0 spiro atoms. The number of hydrogen-bond donors (Lipinski definition) is 1. The Kier molecular flexibility index (Phi) is 4.41. The minimum atomic E-state index is 0.173. The molecule has 1 saturated heterocycles. The highest BCUT2D eigenvalue weighted by Crippen LogP contribution is 2.32. The molecule has 1 aliphatic carbocycles. The number of piperidine rings is 1. The predicted octanol–water partition coefficient (Wildman–Crippen LogP) is 2.94. The summed E-state index contributed by atoms with van der Waals surface area (Å²) in [6, 6.07) is 8.68. The zero-order valence-corrected chi connectivity index (χ0v) is 13.2. The second-order valence-corrected chi connectivity index (χ2v) is 6.69. The Morgan fingerprint density at radius 3 is 2.75 bits per heavy atom. The van der Waals surface area contributed by atoms with Gasteiger partial charge in [0.05, 0.1) is 5.92 Å². The molecule has 2 fully saturated rings. The summed E-state index contributed by atoms with van der Waals surface area (Å²) in [6.45, 7) is 2.64. The Balaban J connectivity index is 1.72. The van der Waals surface area contributed by atoms with Crippen LogP contribution in [-0.2, 0) is 11.3 Å². The predicted molar refractivity (Wildman–Crippen MR) is 83.3 cm³/mol. The summed E-state index contributed by atoms with van der Waals surface area (Å²) < 4.78 is 1.10. The van der Waals surface area contributed by atoms with Crippen molar-refractivity contribution in [2.75, 3.05) is 13.1 Å². The van der Waals surface area contributed by atoms with E-state index in [1.54, 1.807) is 0 Å². The molecular weight excluding hydrogens is 316 g/mol. The van der Waals surface area contributed by atoms with E-state index in [9.17, 15) is 4.79 Å². The van der Waals surface area contributed by atoms with Crippen LogP contribution in [0.25, 0.3) is 0 Å². The van der Waals surface area contributed by atoms with Crippen LogP contribution in [-0.4, -0.2) is 29.9 Å². The van der Waals surface area contributed by atoms with Crippen molar-refractivity contribution in [3.8, 4) is 0 Å². The van der Waals surface area contributed by atoms with Crippen molar-refractivity contribution >= 4 is 21.8 Å². The lowest BCUT2D eigenvalue weighted by Crippen LogP contribution is -2.43. The maximum absolute atomic E-state index is 12.8. The third-order valence-corrected chi connectivity index (χ3v) is 4.99. The Morgan fingerprint density at radius 1 is 1.30 bits per heavy atom. The van der Waals surface area contributed by atoms with Gasteiger partial charge in [0.1, 0.15) is 0 Å². The van der Waals surface area contributed by atoms with Crippen molar-refractivity contribution in [1.82, 2.24) is 10.2 Å². The summed E-state index contributed by atoms with van der Waals surface area (Å²) in [4.78, 5) is 14.9. The first kappa shape index (κ1) is 14.1. The van der Waals surface area contributed by atoms with Crippen molar-refractivity contribution < 1.29 is 4.79 Å². The van der Waals surface area contributed by atoms with E-state index in [0.29, 0.717) is 11.9 Å². The number of rotatable bonds is 4. The maximum atomic E-state index is 12.8. The summed E-state index contributed by atoms with van der Waals surface area (Å²) in [5.41, 5.74) is 1.21. The Bertz CT molecular complexity index is 481. The summed E-state index contributed by atoms with van der Waals surface area (Å²) in [7, 11) is 0. The number of carbonyl (C=O) groups is 1. The van der Waals surface area contributed by atoms with Gasteiger partial charge in [-0.2, -0.15) is 0 Å². The van der Waals surface area contributed by atoms with Gasteiger partial charge < -0.3 is 10.2 Å². The van der Waals surface area contributed by atoms with Crippen molar-refractivity contribution in [1.29, 1.82) is 0 Å². The number of hydrogen-bond acceptors (Lipinski definition) is 2. The molecule has 0 radical (unpaired) electrons. The molecule has 3 nitrogen and oxygen atoms in total. The van der Waals surface area contributed by atoms with E-state index < -0.39 is 0 Å². The molecule has 1 heterocycles. The molecule has 1 amide bonds. The first-order valence-electron chi connectivity index (χ1n) is 7.50. The van der Waals surface area contributed by atoms with Crippen LogP contribution in [0.2, 0.25) is 0 Å². The molecule has 1 atom stereocenters. The van der Waals surface area contributed by atoms with Gasteiger partial charge in [0, 0.05) is 23.6 Å². The fourth-order valence-corrected chi connectivity index (χ4v) is 3.29. The molecule has 0 bridgehead atoms. The smallest absolute Gasteiger partial charge is 0.227 e. The minimum Gasteiger partial charge on any atom is -0.335 e. The zero-order chi connectivity index (χ0) is 13.9. The Labute approximate surface area is 128 Å². The van der Waals surface area contributed by atoms with Crippen molar-refractivity contribution in [2.45, 2.75) is 38.3 Å². The van der Waals surface area contributed by atoms with Gasteiger partial charge in [-0.25, -0.2) is 0 Å². The standard InChI is InChI=1S/C16H21BrN2O/c17-15-6-2-1-4-13(15)11-19(14-7-8-14)16(20)12-5-3-9-18-10-12/h1-2,4,6,12,14,18H,3,5,7-11H2. The first-order chi connectivity index (χ1) is 9.75. The van der Waals surface area contributed by atoms with Gasteiger partial charge in [0.25, 0.3) is 0 Å². The largest absolute Gasteiger partial charge is 0.335 e. The van der Waals surface area contributed by atoms with E-state index >= 15 is 0 Å². The van der Waals surface area contributed by atoms with Gasteiger partial charge in [0.2, 0.25) is 5.91 Å². The monoisotopic (exact) mass is 336 g/mol. The second-order valence-electron chi connectivity index (χ2n) is 5.83. The van der Waals surface area contributed by atoms with E-state index in [0.717, 1.165) is 49.8 Å². The van der Waals surface area contributed by atoms with Crippen LogP contribution in [0.1, 0.15) is 31.2 Å². The average molecular weight is 337 g/mol. The van der Waals surface area contributed by atoms with Crippen molar-refractivity contribution in [3.05, 3.63) is 34.3 Å². The molecule has 1 aromatic rings. The topological polar surface area (TPSA) is 32.3 Å². The zero-order valence-electron chi connectivity index (χ0n) is 11.6. The normalized spacial score (nSPS) is 22.6. The van der Waals surface area contributed by atoms with Gasteiger partial charge in [-0.1, -0.05) is 34.1 Å². The molecule has 108 valence electrons. The van der Waals surface area contributed by atoms with Gasteiger partial charge in [-0.05, 0) is 43.9 Å². The van der Waals surface area contributed by atoms with Crippen LogP contribution >= 0.6 is 15.9 Å². The van der Waals surface area contributed by atoms with E-state index in [4.69, 9.17) is 0 Å². The second kappa shape index (κ2) is 6.27. The van der Waals surface area contributed by atoms with Crippen LogP contribution in [0.4, 0.5) is 0 Å². The summed E-state index contributed by atoms with van der Waals surface area (Å²) in [5, 5.41) is 3.35. The Morgan fingerprint density at radius 2 is 2.10 bits per heavy atom. The first-order valence-corrected chi connectivity index (χ1v) is 8.29. The molecule has 20 heavy (non-hydrogen) atoms. The number of carbonyl (C=O) groups excluding carboxylic acids is 1. The number of benzene rings is 1. The molecule has 2 aliphatic rings. The van der Waals surface area contributed by atoms with Crippen molar-refractivity contribution in [2.24, 2.45) is 5.92 Å². The highest BCUT2D eigenvalue weighted by atomic mass is 79.9. The molecule has 0 aromatic heterocycles. The molecule has 1 unspecified atom stereocenters. The van der Waals surface area contributed by atoms with Gasteiger partial charge in [-0.15, -0.1) is 0 Å². The molecule has 4 heteroatoms. The summed E-state index contributed by atoms with van der Waals surface area (Å²) in [5.74, 6) is 0.516. The molecule has 1 saturated carbocycles. The third kappa shape index (κ3) is 3.23. The number of amides is 1. The molecule has 1 aliphatic heterocycles. The minimum absolute atomic E-state index is 0.173. The van der Waals surface area contributed by atoms with Crippen molar-refractivity contribution in [3.63, 3.8) is 0 Å². The number of nitrogens with zero attached hydrogens (tertiary/aromatic N) is 1. The van der Waals surface area contributed by atoms with E-state index in [1.807, 2.05) is 18.2 Å². The van der Waals surface area contributed by atoms with Crippen LogP contribution < -0.4 is 5.32 Å². The highest BCUT2D eigenvalue weighted by molar-refractivity contribution is 9.10. The summed E-state index contributed by atoms with van der Waals surface area (Å²) >= 11 is 3.59. The lowest BCUT2D eigenvalue weighted by Gasteiger charge is -2.30. The van der Waals surface area contributed by atoms with E-state index in [2.05, 4.69) is 32.2 Å². The quantitative estimate of drug-likeness (QED) is 0.916. The fourth-order valence-electron chi connectivity index (χ4n) is 2.88. The van der Waals surface area contributed by atoms with Gasteiger partial charge >= 0.3 is 0 Å². The maximum Gasteiger partial charge on any atom is 0.227 e. The average Bonchev–Trinajstić information content (AvgIpc) is 3.31. The third-order valence-electron chi connectivity index (χ3n) is 4.22. The van der Waals surface area contributed by atoms with Gasteiger partial charge in [-0.3, -0.25) is 4.79 Å². The van der Waals surface area contributed by atoms with E-state index in [-0.39, 0.29) is 5.92 Å². The SMILES string of the molecule is O=C(C1CCCNC1)N(Cc1ccccc1Br)C1CC1. The molecule has 1 aromatic carbocycles. The Hall–Kier alpha value is -0.870. The lowest BCUT2D eigenvalue weighted by atomic mass is 9.97. The molecule has 1 N–H and O–H groups in total. The van der Waals surface area contributed by atoms with Crippen LogP contribution in [0.5, 0.6) is 0 Å². The van der Waals surface area contributed by atoms with Crippen LogP contribution in [0.15, 0.2) is 28.7 Å².